The zero-order valence-electron chi connectivity index (χ0n) is 9.33. The Morgan fingerprint density at radius 3 is 2.12 bits per heavy atom. The molecule has 0 amide bonds. The van der Waals surface area contributed by atoms with Crippen molar-refractivity contribution >= 4 is 11.6 Å². The number of rotatable bonds is 2. The molecule has 0 aromatic heterocycles. The number of hydrogen-bond donors (Lipinski definition) is 0. The summed E-state index contributed by atoms with van der Waals surface area (Å²) < 4.78 is 5.23. The molecule has 0 saturated heterocycles. The van der Waals surface area contributed by atoms with Crippen LogP contribution in [-0.4, -0.2) is 7.11 Å². The standard InChI is InChI=1S/C14H13ClO/c1-10-9-12(5-8-14(10)16-2)11-3-6-13(15)7-4-11/h3-9H,1-2H3. The second-order valence-electron chi connectivity index (χ2n) is 3.69. The molecule has 0 saturated carbocycles. The molecular formula is C14H13ClO. The van der Waals surface area contributed by atoms with E-state index < -0.39 is 0 Å². The summed E-state index contributed by atoms with van der Waals surface area (Å²) >= 11 is 5.86. The molecular weight excluding hydrogens is 220 g/mol. The first-order valence-electron chi connectivity index (χ1n) is 5.11. The lowest BCUT2D eigenvalue weighted by molar-refractivity contribution is 0.412. The van der Waals surface area contributed by atoms with Crippen LogP contribution in [0.1, 0.15) is 5.56 Å². The minimum absolute atomic E-state index is 0.758. The molecule has 2 aromatic rings. The third-order valence-corrected chi connectivity index (χ3v) is 2.82. The lowest BCUT2D eigenvalue weighted by Gasteiger charge is -2.07. The Morgan fingerprint density at radius 2 is 1.56 bits per heavy atom. The van der Waals surface area contributed by atoms with Crippen LogP contribution in [0, 0.1) is 6.92 Å². The molecule has 0 aliphatic heterocycles. The van der Waals surface area contributed by atoms with Crippen molar-refractivity contribution in [2.45, 2.75) is 6.92 Å². The largest absolute Gasteiger partial charge is 0.496 e. The van der Waals surface area contributed by atoms with Gasteiger partial charge in [0.1, 0.15) is 5.75 Å². The molecule has 2 aromatic carbocycles. The molecule has 16 heavy (non-hydrogen) atoms. The van der Waals surface area contributed by atoms with E-state index >= 15 is 0 Å². The van der Waals surface area contributed by atoms with Gasteiger partial charge in [0.25, 0.3) is 0 Å². The van der Waals surface area contributed by atoms with Crippen molar-refractivity contribution in [2.24, 2.45) is 0 Å². The van der Waals surface area contributed by atoms with Gasteiger partial charge in [-0.25, -0.2) is 0 Å². The summed E-state index contributed by atoms with van der Waals surface area (Å²) in [4.78, 5) is 0. The lowest BCUT2D eigenvalue weighted by atomic mass is 10.0. The van der Waals surface area contributed by atoms with Crippen molar-refractivity contribution in [3.63, 3.8) is 0 Å². The Labute approximate surface area is 101 Å². The van der Waals surface area contributed by atoms with E-state index in [1.54, 1.807) is 7.11 Å². The van der Waals surface area contributed by atoms with Gasteiger partial charge in [-0.1, -0.05) is 29.8 Å². The number of halogens is 1. The minimum atomic E-state index is 0.758. The highest BCUT2D eigenvalue weighted by atomic mass is 35.5. The predicted octanol–water partition coefficient (Wildman–Crippen LogP) is 4.32. The maximum absolute atomic E-state index is 5.86. The maximum atomic E-state index is 5.86. The summed E-state index contributed by atoms with van der Waals surface area (Å²) in [6.07, 6.45) is 0. The topological polar surface area (TPSA) is 9.23 Å². The Bertz CT molecular complexity index is 489. The van der Waals surface area contributed by atoms with Crippen LogP contribution in [0.2, 0.25) is 5.02 Å². The molecule has 0 spiro atoms. The van der Waals surface area contributed by atoms with Crippen LogP contribution in [0.25, 0.3) is 11.1 Å². The van der Waals surface area contributed by atoms with Crippen LogP contribution in [0.5, 0.6) is 5.75 Å². The van der Waals surface area contributed by atoms with Gasteiger partial charge < -0.3 is 4.74 Å². The SMILES string of the molecule is COc1ccc(-c2ccc(Cl)cc2)cc1C. The lowest BCUT2D eigenvalue weighted by Crippen LogP contribution is -1.87. The van der Waals surface area contributed by atoms with Gasteiger partial charge in [0.15, 0.2) is 0 Å². The number of ether oxygens (including phenoxy) is 1. The van der Waals surface area contributed by atoms with Crippen molar-refractivity contribution in [3.05, 3.63) is 53.1 Å². The van der Waals surface area contributed by atoms with E-state index in [0.717, 1.165) is 21.9 Å². The third kappa shape index (κ3) is 2.20. The summed E-state index contributed by atoms with van der Waals surface area (Å²) in [5, 5.41) is 0.758. The highest BCUT2D eigenvalue weighted by Gasteiger charge is 2.01. The van der Waals surface area contributed by atoms with Crippen molar-refractivity contribution < 1.29 is 4.74 Å². The van der Waals surface area contributed by atoms with Gasteiger partial charge >= 0.3 is 0 Å². The molecule has 2 heteroatoms. The van der Waals surface area contributed by atoms with Gasteiger partial charge in [0.2, 0.25) is 0 Å². The first-order valence-corrected chi connectivity index (χ1v) is 5.49. The first-order chi connectivity index (χ1) is 7.70. The van der Waals surface area contributed by atoms with E-state index in [9.17, 15) is 0 Å². The summed E-state index contributed by atoms with van der Waals surface area (Å²) in [6.45, 7) is 2.04. The zero-order chi connectivity index (χ0) is 11.5. The monoisotopic (exact) mass is 232 g/mol. The fourth-order valence-corrected chi connectivity index (χ4v) is 1.83. The molecule has 0 fully saturated rings. The average molecular weight is 233 g/mol. The molecule has 0 N–H and O–H groups in total. The van der Waals surface area contributed by atoms with E-state index in [1.165, 1.54) is 5.56 Å². The number of hydrogen-bond acceptors (Lipinski definition) is 1. The molecule has 2 rings (SSSR count). The number of aryl methyl sites for hydroxylation is 1. The maximum Gasteiger partial charge on any atom is 0.121 e. The van der Waals surface area contributed by atoms with Gasteiger partial charge in [-0.15, -0.1) is 0 Å². The summed E-state index contributed by atoms with van der Waals surface area (Å²) in [5.74, 6) is 0.915. The van der Waals surface area contributed by atoms with Crippen LogP contribution >= 0.6 is 11.6 Å². The highest BCUT2D eigenvalue weighted by Crippen LogP contribution is 2.26. The number of benzene rings is 2. The van der Waals surface area contributed by atoms with Crippen molar-refractivity contribution in [3.8, 4) is 16.9 Å². The third-order valence-electron chi connectivity index (χ3n) is 2.57. The number of methoxy groups -OCH3 is 1. The van der Waals surface area contributed by atoms with E-state index in [1.807, 2.05) is 37.3 Å². The Balaban J connectivity index is 2.41. The quantitative estimate of drug-likeness (QED) is 0.749. The van der Waals surface area contributed by atoms with Gasteiger partial charge in [0, 0.05) is 5.02 Å². The van der Waals surface area contributed by atoms with E-state index in [2.05, 4.69) is 12.1 Å². The van der Waals surface area contributed by atoms with Crippen molar-refractivity contribution in [1.29, 1.82) is 0 Å². The van der Waals surface area contributed by atoms with Crippen LogP contribution < -0.4 is 4.74 Å². The summed E-state index contributed by atoms with van der Waals surface area (Å²) in [6, 6.07) is 14.0. The highest BCUT2D eigenvalue weighted by molar-refractivity contribution is 6.30. The van der Waals surface area contributed by atoms with Crippen LogP contribution in [0.4, 0.5) is 0 Å². The molecule has 0 aliphatic rings. The van der Waals surface area contributed by atoms with Crippen LogP contribution in [0.3, 0.4) is 0 Å². The zero-order valence-corrected chi connectivity index (χ0v) is 10.1. The van der Waals surface area contributed by atoms with E-state index in [4.69, 9.17) is 16.3 Å². The fourth-order valence-electron chi connectivity index (χ4n) is 1.70. The molecule has 0 bridgehead atoms. The van der Waals surface area contributed by atoms with E-state index in [-0.39, 0.29) is 0 Å². The smallest absolute Gasteiger partial charge is 0.121 e. The van der Waals surface area contributed by atoms with E-state index in [0.29, 0.717) is 0 Å². The molecule has 1 nitrogen and oxygen atoms in total. The summed E-state index contributed by atoms with van der Waals surface area (Å²) in [7, 11) is 1.68. The van der Waals surface area contributed by atoms with Crippen LogP contribution in [0.15, 0.2) is 42.5 Å². The molecule has 0 heterocycles. The van der Waals surface area contributed by atoms with Crippen LogP contribution in [-0.2, 0) is 0 Å². The normalized spacial score (nSPS) is 10.2. The molecule has 0 radical (unpaired) electrons. The molecule has 0 aliphatic carbocycles. The summed E-state index contributed by atoms with van der Waals surface area (Å²) in [5.41, 5.74) is 3.47. The first kappa shape index (κ1) is 11.0. The van der Waals surface area contributed by atoms with Gasteiger partial charge in [0.05, 0.1) is 7.11 Å². The Hall–Kier alpha value is -1.47. The van der Waals surface area contributed by atoms with Gasteiger partial charge in [-0.2, -0.15) is 0 Å². The second kappa shape index (κ2) is 4.58. The van der Waals surface area contributed by atoms with Crippen molar-refractivity contribution in [1.82, 2.24) is 0 Å². The van der Waals surface area contributed by atoms with Gasteiger partial charge in [-0.3, -0.25) is 0 Å². The molecule has 0 unspecified atom stereocenters. The molecule has 82 valence electrons. The molecule has 0 atom stereocenters. The fraction of sp³-hybridized carbons (Fsp3) is 0.143. The van der Waals surface area contributed by atoms with Crippen molar-refractivity contribution in [2.75, 3.05) is 7.11 Å². The van der Waals surface area contributed by atoms with Gasteiger partial charge in [-0.05, 0) is 47.9 Å². The average Bonchev–Trinajstić information content (AvgIpc) is 2.30. The predicted molar refractivity (Wildman–Crippen MR) is 68.2 cm³/mol. The Kier molecular flexibility index (Phi) is 3.16. The minimum Gasteiger partial charge on any atom is -0.496 e. The second-order valence-corrected chi connectivity index (χ2v) is 4.13. The Morgan fingerprint density at radius 1 is 0.938 bits per heavy atom.